The molecule has 6 nitrogen and oxygen atoms in total. The standard InChI is InChI=1S/C13H21N3O3S/c1-11-3-4-13(9-12(11)10-17)20(18,19)14-16-7-5-15(2)6-8-16/h3-4,9,14,17H,5-8,10H2,1-2H3. The van der Waals surface area contributed by atoms with Crippen LogP contribution in [-0.2, 0) is 16.6 Å². The number of aryl methyl sites for hydroxylation is 1. The number of aliphatic hydroxyl groups excluding tert-OH is 1. The van der Waals surface area contributed by atoms with E-state index >= 15 is 0 Å². The second-order valence-corrected chi connectivity index (χ2v) is 6.79. The zero-order chi connectivity index (χ0) is 14.8. The van der Waals surface area contributed by atoms with E-state index in [0.717, 1.165) is 18.7 Å². The molecule has 1 aliphatic rings. The van der Waals surface area contributed by atoms with Crippen LogP contribution < -0.4 is 4.83 Å². The number of hydrazine groups is 1. The van der Waals surface area contributed by atoms with E-state index in [9.17, 15) is 13.5 Å². The number of likely N-dealkylation sites (N-methyl/N-ethyl adjacent to an activating group) is 1. The van der Waals surface area contributed by atoms with Gasteiger partial charge in [0.05, 0.1) is 11.5 Å². The summed E-state index contributed by atoms with van der Waals surface area (Å²) >= 11 is 0. The maximum atomic E-state index is 12.3. The van der Waals surface area contributed by atoms with Crippen molar-refractivity contribution in [3.05, 3.63) is 29.3 Å². The molecule has 0 spiro atoms. The molecule has 1 heterocycles. The van der Waals surface area contributed by atoms with Gasteiger partial charge in [-0.25, -0.2) is 13.4 Å². The predicted octanol–water partition coefficient (Wildman–Crippen LogP) is -0.0720. The molecule has 0 atom stereocenters. The number of rotatable bonds is 4. The number of sulfonamides is 1. The highest BCUT2D eigenvalue weighted by Gasteiger charge is 2.21. The summed E-state index contributed by atoms with van der Waals surface area (Å²) in [7, 11) is -1.57. The first-order valence-electron chi connectivity index (χ1n) is 6.59. The highest BCUT2D eigenvalue weighted by atomic mass is 32.2. The van der Waals surface area contributed by atoms with Crippen LogP contribution in [0.4, 0.5) is 0 Å². The average molecular weight is 299 g/mol. The van der Waals surface area contributed by atoms with Gasteiger partial charge in [-0.15, -0.1) is 4.83 Å². The Balaban J connectivity index is 2.14. The molecule has 2 N–H and O–H groups in total. The van der Waals surface area contributed by atoms with Crippen LogP contribution >= 0.6 is 0 Å². The van der Waals surface area contributed by atoms with Crippen molar-refractivity contribution in [2.75, 3.05) is 33.2 Å². The van der Waals surface area contributed by atoms with Crippen molar-refractivity contribution in [3.8, 4) is 0 Å². The van der Waals surface area contributed by atoms with Crippen molar-refractivity contribution in [3.63, 3.8) is 0 Å². The Morgan fingerprint density at radius 1 is 1.25 bits per heavy atom. The summed E-state index contributed by atoms with van der Waals surface area (Å²) < 4.78 is 24.6. The van der Waals surface area contributed by atoms with Gasteiger partial charge in [-0.05, 0) is 37.2 Å². The molecule has 1 fully saturated rings. The first-order valence-corrected chi connectivity index (χ1v) is 8.07. The number of piperazine rings is 1. The molecule has 20 heavy (non-hydrogen) atoms. The van der Waals surface area contributed by atoms with Crippen LogP contribution in [0.3, 0.4) is 0 Å². The zero-order valence-corrected chi connectivity index (χ0v) is 12.7. The number of aliphatic hydroxyl groups is 1. The lowest BCUT2D eigenvalue weighted by Gasteiger charge is -2.32. The van der Waals surface area contributed by atoms with Crippen LogP contribution in [-0.4, -0.2) is 56.7 Å². The summed E-state index contributed by atoms with van der Waals surface area (Å²) in [6.45, 7) is 4.67. The third kappa shape index (κ3) is 3.56. The molecule has 0 aliphatic carbocycles. The molecule has 1 aromatic rings. The van der Waals surface area contributed by atoms with Crippen molar-refractivity contribution in [1.82, 2.24) is 14.7 Å². The summed E-state index contributed by atoms with van der Waals surface area (Å²) in [5.74, 6) is 0. The van der Waals surface area contributed by atoms with Crippen LogP contribution in [0, 0.1) is 6.92 Å². The van der Waals surface area contributed by atoms with Gasteiger partial charge in [0, 0.05) is 26.2 Å². The number of hydrogen-bond acceptors (Lipinski definition) is 5. The highest BCUT2D eigenvalue weighted by Crippen LogP contribution is 2.16. The molecule has 1 saturated heterocycles. The number of benzene rings is 1. The van der Waals surface area contributed by atoms with Crippen LogP contribution in [0.2, 0.25) is 0 Å². The first-order chi connectivity index (χ1) is 9.42. The third-order valence-electron chi connectivity index (χ3n) is 3.55. The van der Waals surface area contributed by atoms with E-state index in [2.05, 4.69) is 9.73 Å². The van der Waals surface area contributed by atoms with Crippen LogP contribution in [0.5, 0.6) is 0 Å². The summed E-state index contributed by atoms with van der Waals surface area (Å²) in [6.07, 6.45) is 0. The molecule has 0 radical (unpaired) electrons. The molecule has 1 aliphatic heterocycles. The van der Waals surface area contributed by atoms with Gasteiger partial charge >= 0.3 is 0 Å². The molecule has 1 aromatic carbocycles. The van der Waals surface area contributed by atoms with Crippen molar-refractivity contribution in [2.45, 2.75) is 18.4 Å². The fourth-order valence-corrected chi connectivity index (χ4v) is 3.28. The normalized spacial score (nSPS) is 18.4. The first kappa shape index (κ1) is 15.4. The monoisotopic (exact) mass is 299 g/mol. The number of nitrogens with zero attached hydrogens (tertiary/aromatic N) is 2. The molecule has 2 rings (SSSR count). The molecule has 0 unspecified atom stereocenters. The largest absolute Gasteiger partial charge is 0.392 e. The molecule has 0 aromatic heterocycles. The van der Waals surface area contributed by atoms with Gasteiger partial charge in [0.2, 0.25) is 0 Å². The Bertz CT molecular complexity index is 566. The van der Waals surface area contributed by atoms with E-state index < -0.39 is 10.0 Å². The SMILES string of the molecule is Cc1ccc(S(=O)(=O)NN2CCN(C)CC2)cc1CO. The van der Waals surface area contributed by atoms with Crippen LogP contribution in [0.1, 0.15) is 11.1 Å². The Kier molecular flexibility index (Phi) is 4.77. The van der Waals surface area contributed by atoms with Gasteiger partial charge in [0.1, 0.15) is 0 Å². The second-order valence-electron chi connectivity index (χ2n) is 5.13. The van der Waals surface area contributed by atoms with Crippen LogP contribution in [0.25, 0.3) is 0 Å². The van der Waals surface area contributed by atoms with E-state index in [1.54, 1.807) is 17.1 Å². The van der Waals surface area contributed by atoms with Gasteiger partial charge in [0.15, 0.2) is 0 Å². The Labute approximate surface area is 120 Å². The van der Waals surface area contributed by atoms with Gasteiger partial charge in [-0.3, -0.25) is 0 Å². The third-order valence-corrected chi connectivity index (χ3v) is 4.93. The fraction of sp³-hybridized carbons (Fsp3) is 0.538. The molecular formula is C13H21N3O3S. The predicted molar refractivity (Wildman–Crippen MR) is 76.5 cm³/mol. The van der Waals surface area contributed by atoms with Crippen molar-refractivity contribution < 1.29 is 13.5 Å². The summed E-state index contributed by atoms with van der Waals surface area (Å²) in [4.78, 5) is 4.94. The van der Waals surface area contributed by atoms with Crippen molar-refractivity contribution >= 4 is 10.0 Å². The Hall–Kier alpha value is -0.990. The Morgan fingerprint density at radius 3 is 2.50 bits per heavy atom. The van der Waals surface area contributed by atoms with E-state index in [1.807, 2.05) is 14.0 Å². The van der Waals surface area contributed by atoms with Crippen LogP contribution in [0.15, 0.2) is 23.1 Å². The summed E-state index contributed by atoms with van der Waals surface area (Å²) in [5.41, 5.74) is 1.51. The topological polar surface area (TPSA) is 72.9 Å². The minimum absolute atomic E-state index is 0.163. The number of hydrogen-bond donors (Lipinski definition) is 2. The lowest BCUT2D eigenvalue weighted by Crippen LogP contribution is -2.52. The molecule has 112 valence electrons. The van der Waals surface area contributed by atoms with Gasteiger partial charge in [0.25, 0.3) is 10.0 Å². The summed E-state index contributed by atoms with van der Waals surface area (Å²) in [5, 5.41) is 10.9. The van der Waals surface area contributed by atoms with E-state index in [1.165, 1.54) is 6.07 Å². The minimum atomic E-state index is -3.58. The van der Waals surface area contributed by atoms with Gasteiger partial charge in [-0.1, -0.05) is 6.07 Å². The molecular weight excluding hydrogens is 278 g/mol. The summed E-state index contributed by atoms with van der Waals surface area (Å²) in [6, 6.07) is 4.80. The molecule has 0 saturated carbocycles. The Morgan fingerprint density at radius 2 is 1.90 bits per heavy atom. The van der Waals surface area contributed by atoms with Crippen molar-refractivity contribution in [2.24, 2.45) is 0 Å². The lowest BCUT2D eigenvalue weighted by atomic mass is 10.1. The smallest absolute Gasteiger partial charge is 0.253 e. The number of nitrogens with one attached hydrogen (secondary N) is 1. The van der Waals surface area contributed by atoms with Crippen molar-refractivity contribution in [1.29, 1.82) is 0 Å². The minimum Gasteiger partial charge on any atom is -0.392 e. The van der Waals surface area contributed by atoms with E-state index in [-0.39, 0.29) is 11.5 Å². The highest BCUT2D eigenvalue weighted by molar-refractivity contribution is 7.89. The lowest BCUT2D eigenvalue weighted by molar-refractivity contribution is 0.135. The molecule has 0 bridgehead atoms. The maximum absolute atomic E-state index is 12.3. The molecule has 7 heteroatoms. The zero-order valence-electron chi connectivity index (χ0n) is 11.8. The quantitative estimate of drug-likeness (QED) is 0.814. The van der Waals surface area contributed by atoms with E-state index in [4.69, 9.17) is 0 Å². The maximum Gasteiger partial charge on any atom is 0.253 e. The molecule has 0 amide bonds. The average Bonchev–Trinajstić information content (AvgIpc) is 2.41. The van der Waals surface area contributed by atoms with E-state index in [0.29, 0.717) is 18.7 Å². The fourth-order valence-electron chi connectivity index (χ4n) is 2.11. The van der Waals surface area contributed by atoms with Gasteiger partial charge < -0.3 is 10.0 Å². The second kappa shape index (κ2) is 6.19. The van der Waals surface area contributed by atoms with Gasteiger partial charge in [-0.2, -0.15) is 0 Å².